The Bertz CT molecular complexity index is 967. The molecule has 0 spiro atoms. The SMILES string of the molecule is CC[C@@H](C)c1cc(C(=O)N(Cc2cn(C)c(=O)n(C)c2=O)[C@@H]2CCNC2)on1. The average Bonchev–Trinajstić information content (AvgIpc) is 3.39. The number of nitrogens with zero attached hydrogens (tertiary/aromatic N) is 4. The van der Waals surface area contributed by atoms with E-state index in [-0.39, 0.29) is 30.2 Å². The van der Waals surface area contributed by atoms with Gasteiger partial charge in [-0.3, -0.25) is 14.2 Å². The molecule has 0 radical (unpaired) electrons. The van der Waals surface area contributed by atoms with Crippen LogP contribution in [0.4, 0.5) is 0 Å². The maximum absolute atomic E-state index is 13.2. The number of aryl methyl sites for hydroxylation is 1. The summed E-state index contributed by atoms with van der Waals surface area (Å²) in [5.74, 6) is 0.0679. The molecule has 1 saturated heterocycles. The van der Waals surface area contributed by atoms with Gasteiger partial charge in [-0.25, -0.2) is 4.79 Å². The van der Waals surface area contributed by atoms with Crippen LogP contribution in [0.2, 0.25) is 0 Å². The minimum absolute atomic E-state index is 0.0633. The van der Waals surface area contributed by atoms with E-state index in [1.54, 1.807) is 18.0 Å². The van der Waals surface area contributed by atoms with Gasteiger partial charge in [-0.15, -0.1) is 0 Å². The van der Waals surface area contributed by atoms with Crippen molar-refractivity contribution in [1.82, 2.24) is 24.5 Å². The molecule has 0 aromatic carbocycles. The van der Waals surface area contributed by atoms with Crippen molar-refractivity contribution in [3.63, 3.8) is 0 Å². The Morgan fingerprint density at radius 1 is 1.43 bits per heavy atom. The molecule has 0 unspecified atom stereocenters. The van der Waals surface area contributed by atoms with Crippen molar-refractivity contribution in [2.45, 2.75) is 45.2 Å². The fourth-order valence-electron chi connectivity index (χ4n) is 3.42. The second-order valence-corrected chi connectivity index (χ2v) is 7.42. The van der Waals surface area contributed by atoms with Gasteiger partial charge in [0.2, 0.25) is 5.76 Å². The van der Waals surface area contributed by atoms with Crippen LogP contribution in [-0.4, -0.2) is 44.2 Å². The molecule has 3 heterocycles. The Morgan fingerprint density at radius 2 is 2.18 bits per heavy atom. The zero-order valence-electron chi connectivity index (χ0n) is 16.8. The van der Waals surface area contributed by atoms with Gasteiger partial charge in [0, 0.05) is 44.9 Å². The predicted octanol–water partition coefficient (Wildman–Crippen LogP) is 0.590. The van der Waals surface area contributed by atoms with Crippen LogP contribution < -0.4 is 16.6 Å². The number of carbonyl (C=O) groups excluding carboxylic acids is 1. The highest BCUT2D eigenvalue weighted by Gasteiger charge is 2.31. The molecule has 1 amide bonds. The second-order valence-electron chi connectivity index (χ2n) is 7.42. The van der Waals surface area contributed by atoms with Gasteiger partial charge in [0.25, 0.3) is 11.5 Å². The van der Waals surface area contributed by atoms with Crippen LogP contribution in [0.15, 0.2) is 26.4 Å². The summed E-state index contributed by atoms with van der Waals surface area (Å²) in [7, 11) is 3.02. The lowest BCUT2D eigenvalue weighted by Gasteiger charge is -2.27. The highest BCUT2D eigenvalue weighted by Crippen LogP contribution is 2.21. The number of rotatable bonds is 6. The Kier molecular flexibility index (Phi) is 5.83. The van der Waals surface area contributed by atoms with Gasteiger partial charge in [-0.05, 0) is 19.4 Å². The molecule has 1 N–H and O–H groups in total. The van der Waals surface area contributed by atoms with Crippen LogP contribution >= 0.6 is 0 Å². The summed E-state index contributed by atoms with van der Waals surface area (Å²) >= 11 is 0. The minimum atomic E-state index is -0.400. The van der Waals surface area contributed by atoms with Crippen LogP contribution in [0.5, 0.6) is 0 Å². The highest BCUT2D eigenvalue weighted by atomic mass is 16.5. The van der Waals surface area contributed by atoms with E-state index in [0.29, 0.717) is 12.1 Å². The number of hydrogen-bond acceptors (Lipinski definition) is 6. The summed E-state index contributed by atoms with van der Waals surface area (Å²) in [6.45, 7) is 5.62. The van der Waals surface area contributed by atoms with Crippen LogP contribution in [0.3, 0.4) is 0 Å². The molecular weight excluding hydrogens is 362 g/mol. The Balaban J connectivity index is 1.94. The van der Waals surface area contributed by atoms with Crippen LogP contribution in [-0.2, 0) is 20.6 Å². The van der Waals surface area contributed by atoms with Gasteiger partial charge in [0.1, 0.15) is 0 Å². The van der Waals surface area contributed by atoms with Crippen LogP contribution in [0, 0.1) is 0 Å². The van der Waals surface area contributed by atoms with Gasteiger partial charge in [0.05, 0.1) is 17.8 Å². The molecule has 1 aliphatic heterocycles. The Labute approximate surface area is 162 Å². The van der Waals surface area contributed by atoms with E-state index in [9.17, 15) is 14.4 Å². The molecule has 1 aliphatic rings. The van der Waals surface area contributed by atoms with Crippen molar-refractivity contribution in [3.05, 3.63) is 50.1 Å². The first kappa shape index (κ1) is 20.1. The van der Waals surface area contributed by atoms with Crippen molar-refractivity contribution in [3.8, 4) is 0 Å². The van der Waals surface area contributed by atoms with Crippen molar-refractivity contribution >= 4 is 5.91 Å². The molecule has 3 rings (SSSR count). The Morgan fingerprint density at radius 3 is 2.82 bits per heavy atom. The van der Waals surface area contributed by atoms with Gasteiger partial charge >= 0.3 is 5.69 Å². The largest absolute Gasteiger partial charge is 0.351 e. The van der Waals surface area contributed by atoms with Crippen molar-refractivity contribution in [2.75, 3.05) is 13.1 Å². The fraction of sp³-hybridized carbons (Fsp3) is 0.579. The normalized spacial score (nSPS) is 17.6. The summed E-state index contributed by atoms with van der Waals surface area (Å²) in [4.78, 5) is 39.3. The average molecular weight is 389 g/mol. The summed E-state index contributed by atoms with van der Waals surface area (Å²) in [6, 6.07) is 1.62. The lowest BCUT2D eigenvalue weighted by atomic mass is 10.1. The van der Waals surface area contributed by atoms with E-state index in [2.05, 4.69) is 10.5 Å². The topological polar surface area (TPSA) is 102 Å². The van der Waals surface area contributed by atoms with Gasteiger partial charge in [-0.1, -0.05) is 19.0 Å². The fourth-order valence-corrected chi connectivity index (χ4v) is 3.42. The number of amides is 1. The van der Waals surface area contributed by atoms with E-state index in [0.717, 1.165) is 29.6 Å². The first-order chi connectivity index (χ1) is 13.3. The van der Waals surface area contributed by atoms with Gasteiger partial charge < -0.3 is 19.3 Å². The molecule has 1 fully saturated rings. The van der Waals surface area contributed by atoms with E-state index in [4.69, 9.17) is 4.52 Å². The standard InChI is InChI=1S/C19H27N5O4/c1-5-12(2)15-8-16(28-21-15)18(26)24(14-6-7-20-9-14)11-13-10-22(3)19(27)23(4)17(13)25/h8,10,12,14,20H,5-7,9,11H2,1-4H3/t12-,14-/m1/s1. The minimum Gasteiger partial charge on any atom is -0.351 e. The molecule has 2 atom stereocenters. The molecule has 0 bridgehead atoms. The monoisotopic (exact) mass is 389 g/mol. The maximum atomic E-state index is 13.2. The zero-order valence-corrected chi connectivity index (χ0v) is 16.8. The quantitative estimate of drug-likeness (QED) is 0.776. The smallest absolute Gasteiger partial charge is 0.330 e. The van der Waals surface area contributed by atoms with Crippen molar-refractivity contribution < 1.29 is 9.32 Å². The first-order valence-electron chi connectivity index (χ1n) is 9.57. The number of aromatic nitrogens is 3. The summed E-state index contributed by atoms with van der Waals surface area (Å²) in [6.07, 6.45) is 3.17. The summed E-state index contributed by atoms with van der Waals surface area (Å²) in [5.41, 5.74) is 0.326. The number of carbonyl (C=O) groups is 1. The molecule has 2 aromatic heterocycles. The highest BCUT2D eigenvalue weighted by molar-refractivity contribution is 5.91. The molecule has 9 heteroatoms. The lowest BCUT2D eigenvalue weighted by Crippen LogP contribution is -2.45. The van der Waals surface area contributed by atoms with Crippen LogP contribution in [0.25, 0.3) is 0 Å². The molecule has 28 heavy (non-hydrogen) atoms. The molecular formula is C19H27N5O4. The molecule has 2 aromatic rings. The van der Waals surface area contributed by atoms with E-state index >= 15 is 0 Å². The second kappa shape index (κ2) is 8.14. The van der Waals surface area contributed by atoms with E-state index in [1.807, 2.05) is 13.8 Å². The third kappa shape index (κ3) is 3.80. The van der Waals surface area contributed by atoms with Crippen molar-refractivity contribution in [1.29, 1.82) is 0 Å². The third-order valence-corrected chi connectivity index (χ3v) is 5.45. The molecule has 0 aliphatic carbocycles. The molecule has 152 valence electrons. The Hall–Kier alpha value is -2.68. The zero-order chi connectivity index (χ0) is 20.4. The maximum Gasteiger partial charge on any atom is 0.330 e. The summed E-state index contributed by atoms with van der Waals surface area (Å²) in [5, 5.41) is 7.28. The predicted molar refractivity (Wildman–Crippen MR) is 103 cm³/mol. The molecule has 0 saturated carbocycles. The van der Waals surface area contributed by atoms with Crippen molar-refractivity contribution in [2.24, 2.45) is 14.1 Å². The number of hydrogen-bond donors (Lipinski definition) is 1. The van der Waals surface area contributed by atoms with E-state index < -0.39 is 11.2 Å². The summed E-state index contributed by atoms with van der Waals surface area (Å²) < 4.78 is 7.73. The van der Waals surface area contributed by atoms with Gasteiger partial charge in [-0.2, -0.15) is 0 Å². The van der Waals surface area contributed by atoms with E-state index in [1.165, 1.54) is 17.8 Å². The van der Waals surface area contributed by atoms with Crippen LogP contribution in [0.1, 0.15) is 54.4 Å². The lowest BCUT2D eigenvalue weighted by molar-refractivity contribution is 0.0631. The first-order valence-corrected chi connectivity index (χ1v) is 9.57. The molecule has 9 nitrogen and oxygen atoms in total. The third-order valence-electron chi connectivity index (χ3n) is 5.45. The van der Waals surface area contributed by atoms with Gasteiger partial charge in [0.15, 0.2) is 0 Å². The number of nitrogens with one attached hydrogen (secondary N) is 1.